The Balaban J connectivity index is 0.00000144. The van der Waals surface area contributed by atoms with Crippen LogP contribution in [0.1, 0.15) is 41.4 Å². The van der Waals surface area contributed by atoms with Crippen molar-refractivity contribution in [3.05, 3.63) is 71.3 Å². The maximum absolute atomic E-state index is 2.70. The Kier molecular flexibility index (Phi) is 4.85. The molecule has 1 saturated heterocycles. The molecule has 2 heteroatoms. The molecule has 2 aromatic rings. The lowest BCUT2D eigenvalue weighted by molar-refractivity contribution is 0.274. The van der Waals surface area contributed by atoms with Gasteiger partial charge in [0.15, 0.2) is 0 Å². The molecule has 0 N–H and O–H groups in total. The lowest BCUT2D eigenvalue weighted by Crippen LogP contribution is -2.29. The van der Waals surface area contributed by atoms with E-state index in [4.69, 9.17) is 0 Å². The van der Waals surface area contributed by atoms with E-state index in [1.165, 1.54) is 44.5 Å². The molecule has 1 aliphatic carbocycles. The number of hydrogen-bond donors (Lipinski definition) is 0. The van der Waals surface area contributed by atoms with E-state index >= 15 is 0 Å². The van der Waals surface area contributed by atoms with E-state index in [1.54, 1.807) is 11.1 Å². The highest BCUT2D eigenvalue weighted by Crippen LogP contribution is 2.42. The van der Waals surface area contributed by atoms with Gasteiger partial charge in [0.25, 0.3) is 0 Å². The number of halogens is 1. The molecule has 22 heavy (non-hydrogen) atoms. The molecular formula is C20H24ClN. The summed E-state index contributed by atoms with van der Waals surface area (Å²) in [7, 11) is 0. The molecule has 2 atom stereocenters. The van der Waals surface area contributed by atoms with Crippen LogP contribution in [0.15, 0.2) is 54.6 Å². The first kappa shape index (κ1) is 15.6. The third kappa shape index (κ3) is 3.06. The Hall–Kier alpha value is -1.31. The fraction of sp³-hybridized carbons (Fsp3) is 0.400. The summed E-state index contributed by atoms with van der Waals surface area (Å²) < 4.78 is 0. The molecule has 0 spiro atoms. The summed E-state index contributed by atoms with van der Waals surface area (Å²) in [4.78, 5) is 2.70. The lowest BCUT2D eigenvalue weighted by atomic mass is 9.78. The average Bonchev–Trinajstić information content (AvgIpc) is 2.85. The third-order valence-corrected chi connectivity index (χ3v) is 5.26. The van der Waals surface area contributed by atoms with Crippen molar-refractivity contribution in [2.24, 2.45) is 0 Å². The van der Waals surface area contributed by atoms with Gasteiger partial charge in [-0.05, 0) is 47.8 Å². The summed E-state index contributed by atoms with van der Waals surface area (Å²) in [6.07, 6.45) is 3.93. The molecule has 3 aliphatic rings. The van der Waals surface area contributed by atoms with Crippen LogP contribution in [0.5, 0.6) is 0 Å². The zero-order valence-corrected chi connectivity index (χ0v) is 13.8. The maximum atomic E-state index is 2.70. The molecule has 2 heterocycles. The zero-order valence-electron chi connectivity index (χ0n) is 12.9. The molecule has 1 fully saturated rings. The van der Waals surface area contributed by atoms with Gasteiger partial charge in [-0.15, -0.1) is 12.4 Å². The van der Waals surface area contributed by atoms with Gasteiger partial charge in [-0.25, -0.2) is 0 Å². The first-order valence-electron chi connectivity index (χ1n) is 8.25. The van der Waals surface area contributed by atoms with Crippen molar-refractivity contribution in [1.29, 1.82) is 0 Å². The van der Waals surface area contributed by atoms with Crippen molar-refractivity contribution in [3.8, 4) is 0 Å². The highest BCUT2D eigenvalue weighted by atomic mass is 35.5. The van der Waals surface area contributed by atoms with Gasteiger partial charge in [0.2, 0.25) is 0 Å². The van der Waals surface area contributed by atoms with Gasteiger partial charge in [0.05, 0.1) is 0 Å². The summed E-state index contributed by atoms with van der Waals surface area (Å²) in [5, 5.41) is 0. The number of hydrogen-bond acceptors (Lipinski definition) is 1. The number of fused-ring (bicyclic) bond motifs is 3. The smallest absolute Gasteiger partial charge is 0.00507 e. The van der Waals surface area contributed by atoms with Gasteiger partial charge < -0.3 is 4.90 Å². The van der Waals surface area contributed by atoms with Gasteiger partial charge in [-0.3, -0.25) is 0 Å². The molecule has 2 bridgehead atoms. The summed E-state index contributed by atoms with van der Waals surface area (Å²) in [6, 6.07) is 20.1. The lowest BCUT2D eigenvalue weighted by Gasteiger charge is -2.26. The fourth-order valence-electron chi connectivity index (χ4n) is 4.16. The molecule has 1 nitrogen and oxygen atoms in total. The van der Waals surface area contributed by atoms with E-state index < -0.39 is 0 Å². The van der Waals surface area contributed by atoms with E-state index in [9.17, 15) is 0 Å². The van der Waals surface area contributed by atoms with E-state index in [-0.39, 0.29) is 12.4 Å². The van der Waals surface area contributed by atoms with Crippen molar-refractivity contribution >= 4 is 12.4 Å². The van der Waals surface area contributed by atoms with Gasteiger partial charge >= 0.3 is 0 Å². The van der Waals surface area contributed by atoms with Crippen LogP contribution in [0.2, 0.25) is 0 Å². The number of rotatable bonds is 3. The second-order valence-electron chi connectivity index (χ2n) is 6.60. The summed E-state index contributed by atoms with van der Waals surface area (Å²) in [6.45, 7) is 3.70. The first-order valence-corrected chi connectivity index (χ1v) is 8.25. The Bertz CT molecular complexity index is 577. The average molecular weight is 314 g/mol. The molecule has 0 saturated carbocycles. The van der Waals surface area contributed by atoms with Crippen molar-refractivity contribution in [2.75, 3.05) is 19.6 Å². The maximum Gasteiger partial charge on any atom is 0.00507 e. The van der Waals surface area contributed by atoms with E-state index in [1.807, 2.05) is 0 Å². The Morgan fingerprint density at radius 2 is 1.32 bits per heavy atom. The molecule has 0 amide bonds. The van der Waals surface area contributed by atoms with Crippen molar-refractivity contribution in [2.45, 2.75) is 31.1 Å². The van der Waals surface area contributed by atoms with E-state index in [2.05, 4.69) is 59.5 Å². The summed E-state index contributed by atoms with van der Waals surface area (Å²) in [5.41, 5.74) is 4.73. The monoisotopic (exact) mass is 313 g/mol. The van der Waals surface area contributed by atoms with Crippen molar-refractivity contribution in [3.63, 3.8) is 0 Å². The highest BCUT2D eigenvalue weighted by Gasteiger charge is 2.33. The minimum atomic E-state index is 0. The third-order valence-electron chi connectivity index (χ3n) is 5.26. The van der Waals surface area contributed by atoms with Gasteiger partial charge in [-0.2, -0.15) is 0 Å². The van der Waals surface area contributed by atoms with Crippen LogP contribution in [0.4, 0.5) is 0 Å². The predicted molar refractivity (Wildman–Crippen MR) is 95.0 cm³/mol. The molecule has 0 radical (unpaired) electrons. The molecule has 2 aromatic carbocycles. The quantitative estimate of drug-likeness (QED) is 0.798. The van der Waals surface area contributed by atoms with Crippen LogP contribution in [0.3, 0.4) is 0 Å². The normalized spacial score (nSPS) is 23.5. The Morgan fingerprint density at radius 1 is 0.773 bits per heavy atom. The van der Waals surface area contributed by atoms with Crippen LogP contribution >= 0.6 is 12.4 Å². The second kappa shape index (κ2) is 6.85. The largest absolute Gasteiger partial charge is 0.302 e. The van der Waals surface area contributed by atoms with Gasteiger partial charge in [0, 0.05) is 19.6 Å². The SMILES string of the molecule is Cl.c1ccc(CCN2CC3CCC(C2)c2ccccc23)cc1. The van der Waals surface area contributed by atoms with Crippen molar-refractivity contribution < 1.29 is 0 Å². The number of nitrogens with zero attached hydrogens (tertiary/aromatic N) is 1. The molecule has 5 rings (SSSR count). The summed E-state index contributed by atoms with van der Waals surface area (Å²) >= 11 is 0. The number of benzene rings is 2. The molecule has 0 aromatic heterocycles. The molecule has 2 aliphatic heterocycles. The van der Waals surface area contributed by atoms with Crippen LogP contribution in [-0.4, -0.2) is 24.5 Å². The minimum Gasteiger partial charge on any atom is -0.302 e. The zero-order chi connectivity index (χ0) is 14.1. The molecular weight excluding hydrogens is 290 g/mol. The Labute approximate surface area is 139 Å². The van der Waals surface area contributed by atoms with Gasteiger partial charge in [-0.1, -0.05) is 54.6 Å². The van der Waals surface area contributed by atoms with E-state index in [0.717, 1.165) is 11.8 Å². The topological polar surface area (TPSA) is 3.24 Å². The van der Waals surface area contributed by atoms with Crippen LogP contribution in [0, 0.1) is 0 Å². The van der Waals surface area contributed by atoms with Crippen LogP contribution in [-0.2, 0) is 6.42 Å². The predicted octanol–water partition coefficient (Wildman–Crippen LogP) is 4.63. The highest BCUT2D eigenvalue weighted by molar-refractivity contribution is 5.85. The first-order chi connectivity index (χ1) is 10.4. The Morgan fingerprint density at radius 3 is 1.91 bits per heavy atom. The standard InChI is InChI=1S/C20H23N.ClH/c1-2-6-16(7-3-1)12-13-21-14-17-10-11-18(15-21)20-9-5-4-8-19(17)20;/h1-9,17-18H,10-15H2;1H. The van der Waals surface area contributed by atoms with Crippen LogP contribution in [0.25, 0.3) is 0 Å². The van der Waals surface area contributed by atoms with Gasteiger partial charge in [0.1, 0.15) is 0 Å². The van der Waals surface area contributed by atoms with Crippen LogP contribution < -0.4 is 0 Å². The minimum absolute atomic E-state index is 0. The second-order valence-corrected chi connectivity index (χ2v) is 6.60. The summed E-state index contributed by atoms with van der Waals surface area (Å²) in [5.74, 6) is 1.52. The molecule has 2 unspecified atom stereocenters. The fourth-order valence-corrected chi connectivity index (χ4v) is 4.16. The molecule has 116 valence electrons. The van der Waals surface area contributed by atoms with Crippen molar-refractivity contribution in [1.82, 2.24) is 4.90 Å². The van der Waals surface area contributed by atoms with E-state index in [0.29, 0.717) is 0 Å².